The standard InChI is InChI=1S/C20H19NO2/c1-13(2)17-11-15(22)8-9-19(17)21-12-18-16-6-4-3-5-14(16)7-10-20(18)23/h3-13,22-23H,1-2H3/b21-12+. The summed E-state index contributed by atoms with van der Waals surface area (Å²) in [5.74, 6) is 0.688. The summed E-state index contributed by atoms with van der Waals surface area (Å²) >= 11 is 0. The van der Waals surface area contributed by atoms with Crippen molar-refractivity contribution in [2.45, 2.75) is 19.8 Å². The molecule has 2 N–H and O–H groups in total. The summed E-state index contributed by atoms with van der Waals surface area (Å²) in [6.07, 6.45) is 1.69. The zero-order valence-electron chi connectivity index (χ0n) is 13.2. The SMILES string of the molecule is CC(C)c1cc(O)ccc1/N=C/c1c(O)ccc2ccccc12. The predicted octanol–water partition coefficient (Wildman–Crippen LogP) is 5.13. The van der Waals surface area contributed by atoms with Gasteiger partial charge in [-0.05, 0) is 46.5 Å². The second-order valence-corrected chi connectivity index (χ2v) is 5.88. The molecule has 0 amide bonds. The van der Waals surface area contributed by atoms with Crippen LogP contribution in [0.15, 0.2) is 59.6 Å². The summed E-state index contributed by atoms with van der Waals surface area (Å²) in [6.45, 7) is 4.12. The summed E-state index contributed by atoms with van der Waals surface area (Å²) in [5.41, 5.74) is 2.47. The molecule has 0 aliphatic rings. The Morgan fingerprint density at radius 2 is 1.74 bits per heavy atom. The lowest BCUT2D eigenvalue weighted by molar-refractivity contribution is 0.474. The Balaban J connectivity index is 2.09. The van der Waals surface area contributed by atoms with E-state index < -0.39 is 0 Å². The molecule has 0 heterocycles. The van der Waals surface area contributed by atoms with Crippen LogP contribution in [0.25, 0.3) is 10.8 Å². The van der Waals surface area contributed by atoms with Crippen molar-refractivity contribution >= 4 is 22.7 Å². The van der Waals surface area contributed by atoms with Crippen molar-refractivity contribution < 1.29 is 10.2 Å². The molecular weight excluding hydrogens is 286 g/mol. The maximum absolute atomic E-state index is 10.2. The normalized spacial score (nSPS) is 11.6. The molecule has 0 aliphatic carbocycles. The van der Waals surface area contributed by atoms with Gasteiger partial charge in [-0.1, -0.05) is 44.2 Å². The van der Waals surface area contributed by atoms with Crippen molar-refractivity contribution in [3.63, 3.8) is 0 Å². The average Bonchev–Trinajstić information content (AvgIpc) is 2.54. The Labute approximate surface area is 135 Å². The van der Waals surface area contributed by atoms with E-state index in [0.717, 1.165) is 22.0 Å². The summed E-state index contributed by atoms with van der Waals surface area (Å²) in [5, 5.41) is 21.9. The van der Waals surface area contributed by atoms with Crippen LogP contribution in [-0.2, 0) is 0 Å². The highest BCUT2D eigenvalue weighted by atomic mass is 16.3. The van der Waals surface area contributed by atoms with Gasteiger partial charge in [0.05, 0.1) is 5.69 Å². The van der Waals surface area contributed by atoms with Crippen LogP contribution >= 0.6 is 0 Å². The maximum atomic E-state index is 10.2. The van der Waals surface area contributed by atoms with Gasteiger partial charge in [0.25, 0.3) is 0 Å². The molecule has 0 spiro atoms. The van der Waals surface area contributed by atoms with E-state index in [1.165, 1.54) is 0 Å². The lowest BCUT2D eigenvalue weighted by Crippen LogP contribution is -1.90. The predicted molar refractivity (Wildman–Crippen MR) is 95.1 cm³/mol. The van der Waals surface area contributed by atoms with Gasteiger partial charge in [0.1, 0.15) is 11.5 Å². The van der Waals surface area contributed by atoms with Crippen LogP contribution in [0.5, 0.6) is 11.5 Å². The Kier molecular flexibility index (Phi) is 4.02. The lowest BCUT2D eigenvalue weighted by atomic mass is 10.0. The van der Waals surface area contributed by atoms with Crippen LogP contribution in [0.2, 0.25) is 0 Å². The lowest BCUT2D eigenvalue weighted by Gasteiger charge is -2.10. The monoisotopic (exact) mass is 305 g/mol. The van der Waals surface area contributed by atoms with E-state index >= 15 is 0 Å². The first-order chi connectivity index (χ1) is 11.1. The molecule has 0 aliphatic heterocycles. The highest BCUT2D eigenvalue weighted by molar-refractivity contribution is 6.03. The third-order valence-electron chi connectivity index (χ3n) is 3.91. The van der Waals surface area contributed by atoms with Crippen LogP contribution in [0.1, 0.15) is 30.9 Å². The van der Waals surface area contributed by atoms with Crippen LogP contribution in [0, 0.1) is 0 Å². The molecule has 0 bridgehead atoms. The van der Waals surface area contributed by atoms with Gasteiger partial charge >= 0.3 is 0 Å². The van der Waals surface area contributed by atoms with Crippen molar-refractivity contribution in [2.24, 2.45) is 4.99 Å². The summed E-state index contributed by atoms with van der Waals surface area (Å²) in [7, 11) is 0. The molecule has 116 valence electrons. The molecule has 3 aromatic rings. The number of aromatic hydroxyl groups is 2. The largest absolute Gasteiger partial charge is 0.508 e. The smallest absolute Gasteiger partial charge is 0.124 e. The molecule has 0 saturated carbocycles. The zero-order chi connectivity index (χ0) is 16.4. The number of fused-ring (bicyclic) bond motifs is 1. The minimum atomic E-state index is 0.206. The van der Waals surface area contributed by atoms with Gasteiger partial charge in [-0.25, -0.2) is 0 Å². The Morgan fingerprint density at radius 3 is 2.52 bits per heavy atom. The van der Waals surface area contributed by atoms with Crippen LogP contribution in [0.4, 0.5) is 5.69 Å². The highest BCUT2D eigenvalue weighted by Gasteiger charge is 2.08. The number of aliphatic imine (C=N–C) groups is 1. The van der Waals surface area contributed by atoms with E-state index in [1.54, 1.807) is 30.5 Å². The number of hydrogen-bond donors (Lipinski definition) is 2. The zero-order valence-corrected chi connectivity index (χ0v) is 13.2. The molecule has 0 unspecified atom stereocenters. The van der Waals surface area contributed by atoms with Gasteiger partial charge in [0, 0.05) is 11.8 Å². The highest BCUT2D eigenvalue weighted by Crippen LogP contribution is 2.31. The molecule has 0 radical (unpaired) electrons. The van der Waals surface area contributed by atoms with Gasteiger partial charge in [-0.2, -0.15) is 0 Å². The molecule has 23 heavy (non-hydrogen) atoms. The van der Waals surface area contributed by atoms with Crippen molar-refractivity contribution in [1.29, 1.82) is 0 Å². The third-order valence-corrected chi connectivity index (χ3v) is 3.91. The minimum absolute atomic E-state index is 0.206. The third kappa shape index (κ3) is 3.04. The number of phenolic OH excluding ortho intramolecular Hbond substituents is 2. The summed E-state index contributed by atoms with van der Waals surface area (Å²) in [4.78, 5) is 4.55. The first-order valence-electron chi connectivity index (χ1n) is 7.64. The van der Waals surface area contributed by atoms with Crippen LogP contribution in [-0.4, -0.2) is 16.4 Å². The van der Waals surface area contributed by atoms with Gasteiger partial charge in [-0.3, -0.25) is 4.99 Å². The fourth-order valence-corrected chi connectivity index (χ4v) is 2.68. The van der Waals surface area contributed by atoms with Gasteiger partial charge in [0.2, 0.25) is 0 Å². The molecule has 3 heteroatoms. The number of benzene rings is 3. The number of phenols is 2. The number of nitrogens with zero attached hydrogens (tertiary/aromatic N) is 1. The molecule has 3 aromatic carbocycles. The first kappa shape index (κ1) is 15.1. The van der Waals surface area contributed by atoms with Gasteiger partial charge in [-0.15, -0.1) is 0 Å². The molecule has 0 saturated heterocycles. The van der Waals surface area contributed by atoms with E-state index in [2.05, 4.69) is 18.8 Å². The van der Waals surface area contributed by atoms with E-state index in [0.29, 0.717) is 5.56 Å². The average molecular weight is 305 g/mol. The Hall–Kier alpha value is -2.81. The van der Waals surface area contributed by atoms with E-state index in [4.69, 9.17) is 0 Å². The van der Waals surface area contributed by atoms with Crippen molar-refractivity contribution in [3.05, 3.63) is 65.7 Å². The quantitative estimate of drug-likeness (QED) is 0.659. The fraction of sp³-hybridized carbons (Fsp3) is 0.150. The maximum Gasteiger partial charge on any atom is 0.124 e. The molecular formula is C20H19NO2. The van der Waals surface area contributed by atoms with Crippen molar-refractivity contribution in [3.8, 4) is 11.5 Å². The molecule has 0 fully saturated rings. The molecule has 3 rings (SSSR count). The molecule has 3 nitrogen and oxygen atoms in total. The van der Waals surface area contributed by atoms with Gasteiger partial charge in [0.15, 0.2) is 0 Å². The topological polar surface area (TPSA) is 52.8 Å². The molecule has 0 atom stereocenters. The summed E-state index contributed by atoms with van der Waals surface area (Å²) in [6, 6.07) is 16.6. The van der Waals surface area contributed by atoms with Crippen LogP contribution in [0.3, 0.4) is 0 Å². The van der Waals surface area contributed by atoms with E-state index in [9.17, 15) is 10.2 Å². The second kappa shape index (κ2) is 6.13. The number of rotatable bonds is 3. The Morgan fingerprint density at radius 1 is 0.957 bits per heavy atom. The first-order valence-corrected chi connectivity index (χ1v) is 7.64. The second-order valence-electron chi connectivity index (χ2n) is 5.88. The fourth-order valence-electron chi connectivity index (χ4n) is 2.68. The van der Waals surface area contributed by atoms with E-state index in [-0.39, 0.29) is 17.4 Å². The number of hydrogen-bond acceptors (Lipinski definition) is 3. The van der Waals surface area contributed by atoms with Gasteiger partial charge < -0.3 is 10.2 Å². The van der Waals surface area contributed by atoms with Crippen molar-refractivity contribution in [1.82, 2.24) is 0 Å². The minimum Gasteiger partial charge on any atom is -0.508 e. The molecule has 0 aromatic heterocycles. The van der Waals surface area contributed by atoms with Crippen molar-refractivity contribution in [2.75, 3.05) is 0 Å². The summed E-state index contributed by atoms with van der Waals surface area (Å²) < 4.78 is 0. The van der Waals surface area contributed by atoms with Crippen LogP contribution < -0.4 is 0 Å². The Bertz CT molecular complexity index is 882. The van der Waals surface area contributed by atoms with E-state index in [1.807, 2.05) is 30.3 Å².